The Morgan fingerprint density at radius 1 is 1.23 bits per heavy atom. The standard InChI is InChI=1S/C19H17ClN4O2/c1-13-9-18(25)23-19(22-13)24-21-11-14-5-7-17(8-6-14)26-12-15-3-2-4-16(20)10-15/h2-11H,12H2,1H3,(H2,22,23,24,25)/b21-11+. The molecule has 1 aromatic heterocycles. The Kier molecular flexibility index (Phi) is 5.66. The first-order valence-electron chi connectivity index (χ1n) is 7.93. The predicted octanol–water partition coefficient (Wildman–Crippen LogP) is 3.76. The number of halogens is 1. The molecule has 0 atom stereocenters. The molecular formula is C19H17ClN4O2. The number of anilines is 1. The molecule has 0 spiro atoms. The van der Waals surface area contributed by atoms with Gasteiger partial charge in [-0.1, -0.05) is 23.7 Å². The van der Waals surface area contributed by atoms with E-state index >= 15 is 0 Å². The number of hydrogen-bond donors (Lipinski definition) is 2. The van der Waals surface area contributed by atoms with Crippen LogP contribution in [-0.2, 0) is 6.61 Å². The van der Waals surface area contributed by atoms with Crippen LogP contribution in [0.15, 0.2) is 64.5 Å². The maximum absolute atomic E-state index is 11.4. The van der Waals surface area contributed by atoms with Crippen LogP contribution in [0.5, 0.6) is 5.75 Å². The van der Waals surface area contributed by atoms with Crippen LogP contribution in [0.25, 0.3) is 0 Å². The highest BCUT2D eigenvalue weighted by Gasteiger charge is 1.98. The van der Waals surface area contributed by atoms with Crippen LogP contribution >= 0.6 is 11.6 Å². The van der Waals surface area contributed by atoms with E-state index in [4.69, 9.17) is 16.3 Å². The highest BCUT2D eigenvalue weighted by atomic mass is 35.5. The van der Waals surface area contributed by atoms with Gasteiger partial charge in [0.15, 0.2) is 0 Å². The highest BCUT2D eigenvalue weighted by molar-refractivity contribution is 6.30. The Balaban J connectivity index is 1.56. The van der Waals surface area contributed by atoms with Crippen LogP contribution in [0.1, 0.15) is 16.8 Å². The first-order chi connectivity index (χ1) is 12.6. The zero-order valence-corrected chi connectivity index (χ0v) is 14.8. The molecule has 0 bridgehead atoms. The van der Waals surface area contributed by atoms with Crippen LogP contribution in [-0.4, -0.2) is 16.2 Å². The van der Waals surface area contributed by atoms with Crippen molar-refractivity contribution in [3.63, 3.8) is 0 Å². The molecule has 3 aromatic rings. The largest absolute Gasteiger partial charge is 0.489 e. The van der Waals surface area contributed by atoms with Crippen molar-refractivity contribution in [2.24, 2.45) is 5.10 Å². The summed E-state index contributed by atoms with van der Waals surface area (Å²) >= 11 is 5.96. The number of aromatic nitrogens is 2. The van der Waals surface area contributed by atoms with Crippen molar-refractivity contribution in [1.29, 1.82) is 0 Å². The van der Waals surface area contributed by atoms with Crippen LogP contribution in [0.3, 0.4) is 0 Å². The van der Waals surface area contributed by atoms with E-state index in [1.54, 1.807) is 13.1 Å². The van der Waals surface area contributed by atoms with Gasteiger partial charge in [0, 0.05) is 16.8 Å². The molecule has 3 rings (SSSR count). The normalized spacial score (nSPS) is 10.8. The lowest BCUT2D eigenvalue weighted by molar-refractivity contribution is 0.306. The molecule has 0 radical (unpaired) electrons. The van der Waals surface area contributed by atoms with Gasteiger partial charge in [0.25, 0.3) is 5.56 Å². The molecule has 0 unspecified atom stereocenters. The van der Waals surface area contributed by atoms with Crippen molar-refractivity contribution in [1.82, 2.24) is 9.97 Å². The molecular weight excluding hydrogens is 352 g/mol. The third kappa shape index (κ3) is 5.19. The molecule has 7 heteroatoms. The van der Waals surface area contributed by atoms with Crippen LogP contribution in [0, 0.1) is 6.92 Å². The van der Waals surface area contributed by atoms with Crippen LogP contribution in [0.2, 0.25) is 5.02 Å². The number of nitrogens with zero attached hydrogens (tertiary/aromatic N) is 2. The summed E-state index contributed by atoms with van der Waals surface area (Å²) in [5, 5.41) is 4.75. The highest BCUT2D eigenvalue weighted by Crippen LogP contribution is 2.16. The Labute approximate surface area is 155 Å². The molecule has 0 aliphatic carbocycles. The van der Waals surface area contributed by atoms with Gasteiger partial charge in [-0.25, -0.2) is 10.4 Å². The Bertz CT molecular complexity index is 968. The van der Waals surface area contributed by atoms with Gasteiger partial charge in [0.2, 0.25) is 5.95 Å². The summed E-state index contributed by atoms with van der Waals surface area (Å²) < 4.78 is 5.73. The van der Waals surface area contributed by atoms with Crippen molar-refractivity contribution in [3.8, 4) is 5.75 Å². The first kappa shape index (κ1) is 17.7. The average Bonchev–Trinajstić information content (AvgIpc) is 2.60. The first-order valence-corrected chi connectivity index (χ1v) is 8.31. The van der Waals surface area contributed by atoms with Crippen LogP contribution in [0.4, 0.5) is 5.95 Å². The van der Waals surface area contributed by atoms with E-state index in [-0.39, 0.29) is 5.56 Å². The molecule has 0 saturated carbocycles. The van der Waals surface area contributed by atoms with Crippen molar-refractivity contribution >= 4 is 23.8 Å². The lowest BCUT2D eigenvalue weighted by Gasteiger charge is -2.06. The maximum atomic E-state index is 11.4. The van der Waals surface area contributed by atoms with Gasteiger partial charge < -0.3 is 4.74 Å². The Hall–Kier alpha value is -3.12. The molecule has 26 heavy (non-hydrogen) atoms. The van der Waals surface area contributed by atoms with E-state index < -0.39 is 0 Å². The zero-order valence-electron chi connectivity index (χ0n) is 14.1. The van der Waals surface area contributed by atoms with Gasteiger partial charge in [-0.2, -0.15) is 5.10 Å². The molecule has 0 amide bonds. The third-order valence-corrected chi connectivity index (χ3v) is 3.66. The van der Waals surface area contributed by atoms with E-state index in [0.29, 0.717) is 23.3 Å². The third-order valence-electron chi connectivity index (χ3n) is 3.43. The number of H-pyrrole nitrogens is 1. The minimum atomic E-state index is -0.226. The second-order valence-corrected chi connectivity index (χ2v) is 6.03. The van der Waals surface area contributed by atoms with E-state index in [0.717, 1.165) is 16.9 Å². The van der Waals surface area contributed by atoms with Gasteiger partial charge >= 0.3 is 0 Å². The van der Waals surface area contributed by atoms with Crippen molar-refractivity contribution < 1.29 is 4.74 Å². The van der Waals surface area contributed by atoms with Gasteiger partial charge in [0.05, 0.1) is 6.21 Å². The summed E-state index contributed by atoms with van der Waals surface area (Å²) in [7, 11) is 0. The second kappa shape index (κ2) is 8.31. The van der Waals surface area contributed by atoms with E-state index in [1.165, 1.54) is 6.07 Å². The molecule has 0 aliphatic heterocycles. The summed E-state index contributed by atoms with van der Waals surface area (Å²) in [5.74, 6) is 1.05. The molecule has 132 valence electrons. The second-order valence-electron chi connectivity index (χ2n) is 5.59. The van der Waals surface area contributed by atoms with E-state index in [9.17, 15) is 4.79 Å². The summed E-state index contributed by atoms with van der Waals surface area (Å²) in [4.78, 5) is 18.0. The molecule has 2 aromatic carbocycles. The Morgan fingerprint density at radius 3 is 2.77 bits per heavy atom. The summed E-state index contributed by atoms with van der Waals surface area (Å²) in [5.41, 5.74) is 4.98. The minimum absolute atomic E-state index is 0.226. The fourth-order valence-corrected chi connectivity index (χ4v) is 2.46. The van der Waals surface area contributed by atoms with Gasteiger partial charge in [-0.15, -0.1) is 0 Å². The van der Waals surface area contributed by atoms with Crippen molar-refractivity contribution in [2.45, 2.75) is 13.5 Å². The number of aryl methyl sites for hydroxylation is 1. The summed E-state index contributed by atoms with van der Waals surface area (Å²) in [6.07, 6.45) is 1.63. The lowest BCUT2D eigenvalue weighted by Crippen LogP contribution is -2.10. The predicted molar refractivity (Wildman–Crippen MR) is 103 cm³/mol. The number of nitrogens with one attached hydrogen (secondary N) is 2. The summed E-state index contributed by atoms with van der Waals surface area (Å²) in [6.45, 7) is 2.19. The van der Waals surface area contributed by atoms with Crippen molar-refractivity contribution in [2.75, 3.05) is 5.43 Å². The fourth-order valence-electron chi connectivity index (χ4n) is 2.24. The Morgan fingerprint density at radius 2 is 2.04 bits per heavy atom. The molecule has 2 N–H and O–H groups in total. The average molecular weight is 369 g/mol. The topological polar surface area (TPSA) is 79.4 Å². The number of rotatable bonds is 6. The number of aromatic amines is 1. The summed E-state index contributed by atoms with van der Waals surface area (Å²) in [6, 6.07) is 16.4. The lowest BCUT2D eigenvalue weighted by atomic mass is 10.2. The zero-order chi connectivity index (χ0) is 18.4. The van der Waals surface area contributed by atoms with Crippen LogP contribution < -0.4 is 15.7 Å². The number of benzene rings is 2. The number of ether oxygens (including phenoxy) is 1. The monoisotopic (exact) mass is 368 g/mol. The molecule has 1 heterocycles. The van der Waals surface area contributed by atoms with Gasteiger partial charge in [0.1, 0.15) is 12.4 Å². The van der Waals surface area contributed by atoms with Gasteiger partial charge in [-0.05, 0) is 54.4 Å². The SMILES string of the molecule is Cc1cc(=O)[nH]c(N/N=C/c2ccc(OCc3cccc(Cl)c3)cc2)n1. The number of hydrazone groups is 1. The smallest absolute Gasteiger partial charge is 0.252 e. The van der Waals surface area contributed by atoms with Gasteiger partial charge in [-0.3, -0.25) is 9.78 Å². The minimum Gasteiger partial charge on any atom is -0.489 e. The molecule has 0 saturated heterocycles. The van der Waals surface area contributed by atoms with Crippen molar-refractivity contribution in [3.05, 3.63) is 86.8 Å². The number of hydrogen-bond acceptors (Lipinski definition) is 5. The van der Waals surface area contributed by atoms with E-state index in [1.807, 2.05) is 48.5 Å². The molecule has 0 fully saturated rings. The molecule has 0 aliphatic rings. The molecule has 6 nitrogen and oxygen atoms in total. The quantitative estimate of drug-likeness (QED) is 0.513. The maximum Gasteiger partial charge on any atom is 0.252 e. The van der Waals surface area contributed by atoms with E-state index in [2.05, 4.69) is 20.5 Å². The fraction of sp³-hybridized carbons (Fsp3) is 0.105.